The van der Waals surface area contributed by atoms with E-state index in [9.17, 15) is 0 Å². The quantitative estimate of drug-likeness (QED) is 0.171. The summed E-state index contributed by atoms with van der Waals surface area (Å²) in [5.74, 6) is 1.86. The van der Waals surface area contributed by atoms with Crippen molar-refractivity contribution in [3.63, 3.8) is 0 Å². The van der Waals surface area contributed by atoms with Gasteiger partial charge in [0.1, 0.15) is 22.3 Å². The maximum atomic E-state index is 6.57. The number of aromatic nitrogens is 3. The molecule has 0 N–H and O–H groups in total. The molecule has 0 spiro atoms. The second-order valence-corrected chi connectivity index (χ2v) is 14.0. The van der Waals surface area contributed by atoms with Crippen LogP contribution in [0, 0.1) is 0 Å². The number of hydrogen-bond acceptors (Lipinski definition) is 5. The van der Waals surface area contributed by atoms with Crippen LogP contribution in [0.3, 0.4) is 0 Å². The Morgan fingerprint density at radius 2 is 0.786 bits per heavy atom. The van der Waals surface area contributed by atoms with Crippen molar-refractivity contribution in [1.82, 2.24) is 15.0 Å². The Kier molecular flexibility index (Phi) is 7.42. The monoisotopic (exact) mass is 717 g/mol. The van der Waals surface area contributed by atoms with Gasteiger partial charge in [0.2, 0.25) is 0 Å². The molecule has 8 aromatic carbocycles. The number of hydrogen-bond donors (Lipinski definition) is 0. The van der Waals surface area contributed by atoms with E-state index in [-0.39, 0.29) is 0 Å². The molecule has 0 saturated heterocycles. The average molecular weight is 718 g/mol. The van der Waals surface area contributed by atoms with Gasteiger partial charge in [-0.3, -0.25) is 0 Å². The number of nitrogens with zero attached hydrogens (tertiary/aromatic N) is 3. The summed E-state index contributed by atoms with van der Waals surface area (Å²) < 4.78 is 12.9. The van der Waals surface area contributed by atoms with Crippen LogP contribution in [0.2, 0.25) is 0 Å². The standard InChI is InChI=1S/C51H31N3O2/c1-4-13-32(14-5-1)40-22-11-23-41-47-39(21-12-24-46(47)56-48(40)41)37-20-10-19-35(29-37)36-25-27-44-42(30-36)43-31-38(26-28-45(43)55-44)51-53-49(33-15-6-2-7-16-33)52-50(54-51)34-17-8-3-9-18-34/h1-31H. The van der Waals surface area contributed by atoms with Crippen molar-refractivity contribution < 1.29 is 8.83 Å². The van der Waals surface area contributed by atoms with Gasteiger partial charge in [-0.25, -0.2) is 15.0 Å². The summed E-state index contributed by atoms with van der Waals surface area (Å²) in [7, 11) is 0. The Morgan fingerprint density at radius 1 is 0.286 bits per heavy atom. The van der Waals surface area contributed by atoms with E-state index in [2.05, 4.69) is 109 Å². The molecule has 0 aliphatic heterocycles. The fourth-order valence-corrected chi connectivity index (χ4v) is 7.83. The largest absolute Gasteiger partial charge is 0.456 e. The molecule has 3 aromatic heterocycles. The first-order valence-electron chi connectivity index (χ1n) is 18.7. The number of fused-ring (bicyclic) bond motifs is 6. The number of benzene rings is 8. The molecule has 0 aliphatic carbocycles. The fourth-order valence-electron chi connectivity index (χ4n) is 7.83. The highest BCUT2D eigenvalue weighted by molar-refractivity contribution is 6.15. The molecule has 0 bridgehead atoms. The van der Waals surface area contributed by atoms with Crippen molar-refractivity contribution in [2.24, 2.45) is 0 Å². The summed E-state index contributed by atoms with van der Waals surface area (Å²) in [6.45, 7) is 0. The van der Waals surface area contributed by atoms with Gasteiger partial charge in [0, 0.05) is 43.8 Å². The molecule has 0 radical (unpaired) electrons. The summed E-state index contributed by atoms with van der Waals surface area (Å²) in [6, 6.07) is 64.6. The van der Waals surface area contributed by atoms with Crippen LogP contribution < -0.4 is 0 Å². The van der Waals surface area contributed by atoms with Crippen molar-refractivity contribution in [1.29, 1.82) is 0 Å². The Morgan fingerprint density at radius 3 is 1.46 bits per heavy atom. The summed E-state index contributed by atoms with van der Waals surface area (Å²) in [5.41, 5.74) is 12.9. The highest BCUT2D eigenvalue weighted by Crippen LogP contribution is 2.42. The number of rotatable bonds is 6. The van der Waals surface area contributed by atoms with Crippen molar-refractivity contribution in [3.8, 4) is 67.5 Å². The SMILES string of the molecule is c1ccc(-c2nc(-c3ccccc3)nc(-c3ccc4oc5ccc(-c6cccc(-c7cccc8oc9c(-c%10ccccc%10)cccc9c78)c6)cc5c4c3)n2)cc1. The third-order valence-corrected chi connectivity index (χ3v) is 10.5. The molecule has 5 heteroatoms. The molecular formula is C51H31N3O2. The van der Waals surface area contributed by atoms with Gasteiger partial charge in [-0.05, 0) is 70.3 Å². The lowest BCUT2D eigenvalue weighted by Crippen LogP contribution is -2.00. The lowest BCUT2D eigenvalue weighted by atomic mass is 9.94. The number of furan rings is 2. The van der Waals surface area contributed by atoms with Gasteiger partial charge in [0.25, 0.3) is 0 Å². The molecule has 0 amide bonds. The highest BCUT2D eigenvalue weighted by atomic mass is 16.3. The van der Waals surface area contributed by atoms with Gasteiger partial charge in [0.05, 0.1) is 0 Å². The van der Waals surface area contributed by atoms with Crippen molar-refractivity contribution >= 4 is 43.9 Å². The van der Waals surface area contributed by atoms with Gasteiger partial charge in [-0.2, -0.15) is 0 Å². The smallest absolute Gasteiger partial charge is 0.164 e. The molecule has 0 fully saturated rings. The van der Waals surface area contributed by atoms with Crippen LogP contribution in [0.4, 0.5) is 0 Å². The highest BCUT2D eigenvalue weighted by Gasteiger charge is 2.18. The third-order valence-electron chi connectivity index (χ3n) is 10.5. The zero-order chi connectivity index (χ0) is 37.0. The molecule has 3 heterocycles. The zero-order valence-corrected chi connectivity index (χ0v) is 30.1. The van der Waals surface area contributed by atoms with Crippen LogP contribution >= 0.6 is 0 Å². The van der Waals surface area contributed by atoms with Gasteiger partial charge in [-0.15, -0.1) is 0 Å². The minimum absolute atomic E-state index is 0.606. The van der Waals surface area contributed by atoms with E-state index in [0.717, 1.165) is 93.9 Å². The Hall–Kier alpha value is -7.63. The molecule has 0 atom stereocenters. The van der Waals surface area contributed by atoms with Crippen molar-refractivity contribution in [2.75, 3.05) is 0 Å². The molecular weight excluding hydrogens is 687 g/mol. The van der Waals surface area contributed by atoms with Crippen LogP contribution in [-0.2, 0) is 0 Å². The topological polar surface area (TPSA) is 65.0 Å². The summed E-state index contributed by atoms with van der Waals surface area (Å²) in [6.07, 6.45) is 0. The Labute approximate surface area is 322 Å². The first-order chi connectivity index (χ1) is 27.7. The predicted octanol–water partition coefficient (Wildman–Crippen LogP) is 13.7. The van der Waals surface area contributed by atoms with Gasteiger partial charge in [0.15, 0.2) is 17.5 Å². The van der Waals surface area contributed by atoms with Crippen LogP contribution in [-0.4, -0.2) is 15.0 Å². The third kappa shape index (κ3) is 5.45. The van der Waals surface area contributed by atoms with E-state index in [1.54, 1.807) is 0 Å². The molecule has 56 heavy (non-hydrogen) atoms. The van der Waals surface area contributed by atoms with Crippen molar-refractivity contribution in [3.05, 3.63) is 188 Å². The molecule has 0 unspecified atom stereocenters. The second kappa shape index (κ2) is 13.0. The summed E-state index contributed by atoms with van der Waals surface area (Å²) in [5, 5.41) is 4.25. The predicted molar refractivity (Wildman–Crippen MR) is 227 cm³/mol. The van der Waals surface area contributed by atoms with E-state index in [1.807, 2.05) is 78.9 Å². The van der Waals surface area contributed by atoms with Crippen LogP contribution in [0.25, 0.3) is 111 Å². The molecule has 5 nitrogen and oxygen atoms in total. The fraction of sp³-hybridized carbons (Fsp3) is 0. The first-order valence-corrected chi connectivity index (χ1v) is 18.7. The lowest BCUT2D eigenvalue weighted by Gasteiger charge is -2.09. The lowest BCUT2D eigenvalue weighted by molar-refractivity contribution is 0.669. The van der Waals surface area contributed by atoms with Crippen LogP contribution in [0.1, 0.15) is 0 Å². The minimum Gasteiger partial charge on any atom is -0.456 e. The molecule has 11 aromatic rings. The van der Waals surface area contributed by atoms with Crippen molar-refractivity contribution in [2.45, 2.75) is 0 Å². The second-order valence-electron chi connectivity index (χ2n) is 14.0. The molecule has 0 aliphatic rings. The van der Waals surface area contributed by atoms with E-state index in [0.29, 0.717) is 17.5 Å². The molecule has 262 valence electrons. The molecule has 0 saturated carbocycles. The summed E-state index contributed by atoms with van der Waals surface area (Å²) in [4.78, 5) is 14.8. The number of para-hydroxylation sites is 1. The van der Waals surface area contributed by atoms with Crippen LogP contribution in [0.5, 0.6) is 0 Å². The Bertz CT molecular complexity index is 3180. The van der Waals surface area contributed by atoms with Crippen LogP contribution in [0.15, 0.2) is 197 Å². The molecule has 11 rings (SSSR count). The minimum atomic E-state index is 0.606. The van der Waals surface area contributed by atoms with E-state index >= 15 is 0 Å². The van der Waals surface area contributed by atoms with E-state index in [1.165, 1.54) is 0 Å². The summed E-state index contributed by atoms with van der Waals surface area (Å²) >= 11 is 0. The first kappa shape index (κ1) is 31.9. The average Bonchev–Trinajstić information content (AvgIpc) is 3.85. The normalized spacial score (nSPS) is 11.6. The maximum absolute atomic E-state index is 6.57. The van der Waals surface area contributed by atoms with E-state index < -0.39 is 0 Å². The Balaban J connectivity index is 1.01. The van der Waals surface area contributed by atoms with Gasteiger partial charge < -0.3 is 8.83 Å². The van der Waals surface area contributed by atoms with E-state index in [4.69, 9.17) is 23.8 Å². The maximum Gasteiger partial charge on any atom is 0.164 e. The zero-order valence-electron chi connectivity index (χ0n) is 30.1. The van der Waals surface area contributed by atoms with Gasteiger partial charge in [-0.1, -0.05) is 146 Å². The van der Waals surface area contributed by atoms with Gasteiger partial charge >= 0.3 is 0 Å².